The fourth-order valence-corrected chi connectivity index (χ4v) is 3.02. The van der Waals surface area contributed by atoms with Gasteiger partial charge in [0.15, 0.2) is 0 Å². The molecule has 0 aliphatic rings. The molecular formula is C19H17N5O. The SMILES string of the molecule is Cc1[nH]c2ccccc2c1C(=O)NCc1cccnc1-n1ccnc1. The van der Waals surface area contributed by atoms with Gasteiger partial charge in [0.05, 0.1) is 5.56 Å². The number of aromatic nitrogens is 4. The minimum absolute atomic E-state index is 0.101. The van der Waals surface area contributed by atoms with Crippen LogP contribution in [0.25, 0.3) is 16.7 Å². The summed E-state index contributed by atoms with van der Waals surface area (Å²) in [5.74, 6) is 0.659. The van der Waals surface area contributed by atoms with Crippen LogP contribution in [-0.2, 0) is 6.54 Å². The molecule has 124 valence electrons. The van der Waals surface area contributed by atoms with Gasteiger partial charge in [-0.25, -0.2) is 9.97 Å². The first kappa shape index (κ1) is 15.1. The van der Waals surface area contributed by atoms with E-state index >= 15 is 0 Å². The van der Waals surface area contributed by atoms with Crippen molar-refractivity contribution >= 4 is 16.8 Å². The summed E-state index contributed by atoms with van der Waals surface area (Å²) >= 11 is 0. The van der Waals surface area contributed by atoms with Gasteiger partial charge in [-0.2, -0.15) is 0 Å². The number of amides is 1. The maximum Gasteiger partial charge on any atom is 0.253 e. The van der Waals surface area contributed by atoms with E-state index in [0.717, 1.165) is 28.0 Å². The van der Waals surface area contributed by atoms with E-state index in [4.69, 9.17) is 0 Å². The van der Waals surface area contributed by atoms with Crippen molar-refractivity contribution in [3.05, 3.63) is 78.1 Å². The predicted octanol–water partition coefficient (Wildman–Crippen LogP) is 2.99. The number of imidazole rings is 1. The van der Waals surface area contributed by atoms with Gasteiger partial charge in [0.25, 0.3) is 5.91 Å². The average molecular weight is 331 g/mol. The van der Waals surface area contributed by atoms with Crippen LogP contribution in [0, 0.1) is 6.92 Å². The topological polar surface area (TPSA) is 75.6 Å². The van der Waals surface area contributed by atoms with E-state index in [2.05, 4.69) is 20.3 Å². The van der Waals surface area contributed by atoms with Crippen LogP contribution in [0.3, 0.4) is 0 Å². The molecule has 0 atom stereocenters. The molecule has 4 aromatic rings. The number of fused-ring (bicyclic) bond motifs is 1. The molecule has 0 radical (unpaired) electrons. The zero-order valence-corrected chi connectivity index (χ0v) is 13.7. The summed E-state index contributed by atoms with van der Waals surface area (Å²) in [6.45, 7) is 2.30. The van der Waals surface area contributed by atoms with Gasteiger partial charge in [-0.05, 0) is 19.1 Å². The summed E-state index contributed by atoms with van der Waals surface area (Å²) in [6, 6.07) is 11.6. The van der Waals surface area contributed by atoms with E-state index < -0.39 is 0 Å². The van der Waals surface area contributed by atoms with Gasteiger partial charge in [-0.15, -0.1) is 0 Å². The van der Waals surface area contributed by atoms with E-state index in [1.807, 2.05) is 54.1 Å². The van der Waals surface area contributed by atoms with E-state index in [9.17, 15) is 4.79 Å². The molecule has 1 amide bonds. The smallest absolute Gasteiger partial charge is 0.253 e. The summed E-state index contributed by atoms with van der Waals surface area (Å²) in [6.07, 6.45) is 6.95. The average Bonchev–Trinajstić information content (AvgIpc) is 3.27. The Morgan fingerprint density at radius 2 is 2.08 bits per heavy atom. The van der Waals surface area contributed by atoms with Gasteiger partial charge in [0, 0.05) is 47.3 Å². The number of nitrogens with one attached hydrogen (secondary N) is 2. The molecule has 0 spiro atoms. The second kappa shape index (κ2) is 6.24. The summed E-state index contributed by atoms with van der Waals surface area (Å²) in [7, 11) is 0. The molecular weight excluding hydrogens is 314 g/mol. The zero-order chi connectivity index (χ0) is 17.2. The maximum absolute atomic E-state index is 12.7. The van der Waals surface area contributed by atoms with Gasteiger partial charge in [0.2, 0.25) is 0 Å². The van der Waals surface area contributed by atoms with Gasteiger partial charge < -0.3 is 10.3 Å². The zero-order valence-electron chi connectivity index (χ0n) is 13.7. The van der Waals surface area contributed by atoms with Crippen LogP contribution >= 0.6 is 0 Å². The van der Waals surface area contributed by atoms with Gasteiger partial charge in [-0.3, -0.25) is 9.36 Å². The van der Waals surface area contributed by atoms with Crippen LogP contribution in [-0.4, -0.2) is 25.4 Å². The lowest BCUT2D eigenvalue weighted by Crippen LogP contribution is -2.24. The molecule has 0 unspecified atom stereocenters. The first-order valence-electron chi connectivity index (χ1n) is 8.02. The molecule has 0 saturated heterocycles. The minimum atomic E-state index is -0.101. The Bertz CT molecular complexity index is 1030. The van der Waals surface area contributed by atoms with Crippen molar-refractivity contribution in [2.24, 2.45) is 0 Å². The monoisotopic (exact) mass is 331 g/mol. The lowest BCUT2D eigenvalue weighted by molar-refractivity contribution is 0.0952. The fraction of sp³-hybridized carbons (Fsp3) is 0.105. The van der Waals surface area contributed by atoms with E-state index in [1.54, 1.807) is 18.7 Å². The second-order valence-electron chi connectivity index (χ2n) is 5.81. The highest BCUT2D eigenvalue weighted by atomic mass is 16.1. The Labute approximate surface area is 144 Å². The van der Waals surface area contributed by atoms with Crippen molar-refractivity contribution < 1.29 is 4.79 Å². The third-order valence-electron chi connectivity index (χ3n) is 4.18. The molecule has 0 bridgehead atoms. The highest BCUT2D eigenvalue weighted by Gasteiger charge is 2.16. The number of benzene rings is 1. The largest absolute Gasteiger partial charge is 0.358 e. The van der Waals surface area contributed by atoms with Crippen LogP contribution < -0.4 is 5.32 Å². The number of nitrogens with zero attached hydrogens (tertiary/aromatic N) is 3. The lowest BCUT2D eigenvalue weighted by Gasteiger charge is -2.10. The van der Waals surface area contributed by atoms with E-state index in [-0.39, 0.29) is 5.91 Å². The van der Waals surface area contributed by atoms with Crippen molar-refractivity contribution in [2.45, 2.75) is 13.5 Å². The number of carbonyl (C=O) groups excluding carboxylic acids is 1. The Kier molecular flexibility index (Phi) is 3.78. The highest BCUT2D eigenvalue weighted by Crippen LogP contribution is 2.22. The number of carbonyl (C=O) groups is 1. The van der Waals surface area contributed by atoms with Crippen molar-refractivity contribution in [2.75, 3.05) is 0 Å². The molecule has 6 heteroatoms. The Morgan fingerprint density at radius 3 is 2.92 bits per heavy atom. The summed E-state index contributed by atoms with van der Waals surface area (Å²) in [4.78, 5) is 24.4. The maximum atomic E-state index is 12.7. The standard InChI is InChI=1S/C19H17N5O/c1-13-17(15-6-2-3-7-16(15)23-13)19(25)22-11-14-5-4-8-21-18(14)24-10-9-20-12-24/h2-10,12,23H,11H2,1H3,(H,22,25). The van der Waals surface area contributed by atoms with Gasteiger partial charge >= 0.3 is 0 Å². The van der Waals surface area contributed by atoms with Crippen molar-refractivity contribution in [1.82, 2.24) is 24.8 Å². The highest BCUT2D eigenvalue weighted by molar-refractivity contribution is 6.08. The Morgan fingerprint density at radius 1 is 1.20 bits per heavy atom. The number of hydrogen-bond acceptors (Lipinski definition) is 3. The minimum Gasteiger partial charge on any atom is -0.358 e. The van der Waals surface area contributed by atoms with Gasteiger partial charge in [-0.1, -0.05) is 24.3 Å². The Balaban J connectivity index is 1.60. The van der Waals surface area contributed by atoms with Crippen molar-refractivity contribution in [1.29, 1.82) is 0 Å². The molecule has 0 aliphatic heterocycles. The number of hydrogen-bond donors (Lipinski definition) is 2. The molecule has 3 aromatic heterocycles. The molecule has 0 saturated carbocycles. The Hall–Kier alpha value is -3.41. The number of aryl methyl sites for hydroxylation is 1. The molecule has 0 fully saturated rings. The molecule has 3 heterocycles. The number of pyridine rings is 1. The predicted molar refractivity (Wildman–Crippen MR) is 95.6 cm³/mol. The normalized spacial score (nSPS) is 10.9. The quantitative estimate of drug-likeness (QED) is 0.603. The third kappa shape index (κ3) is 2.78. The number of rotatable bonds is 4. The molecule has 4 rings (SSSR count). The van der Waals surface area contributed by atoms with Crippen molar-refractivity contribution in [3.63, 3.8) is 0 Å². The van der Waals surface area contributed by atoms with Crippen molar-refractivity contribution in [3.8, 4) is 5.82 Å². The lowest BCUT2D eigenvalue weighted by atomic mass is 10.1. The van der Waals surface area contributed by atoms with Gasteiger partial charge in [0.1, 0.15) is 12.1 Å². The van der Waals surface area contributed by atoms with Crippen LogP contribution in [0.2, 0.25) is 0 Å². The number of para-hydroxylation sites is 1. The first-order valence-corrected chi connectivity index (χ1v) is 8.02. The molecule has 0 aliphatic carbocycles. The van der Waals surface area contributed by atoms with Crippen LogP contribution in [0.5, 0.6) is 0 Å². The molecule has 25 heavy (non-hydrogen) atoms. The third-order valence-corrected chi connectivity index (χ3v) is 4.18. The number of aromatic amines is 1. The summed E-state index contributed by atoms with van der Waals surface area (Å²) < 4.78 is 1.83. The molecule has 6 nitrogen and oxygen atoms in total. The van der Waals surface area contributed by atoms with E-state index in [1.165, 1.54) is 0 Å². The summed E-state index contributed by atoms with van der Waals surface area (Å²) in [5.41, 5.74) is 3.43. The number of H-pyrrole nitrogens is 1. The van der Waals surface area contributed by atoms with Crippen LogP contribution in [0.1, 0.15) is 21.6 Å². The van der Waals surface area contributed by atoms with E-state index in [0.29, 0.717) is 12.1 Å². The molecule has 1 aromatic carbocycles. The second-order valence-corrected chi connectivity index (χ2v) is 5.81. The summed E-state index contributed by atoms with van der Waals surface area (Å²) in [5, 5.41) is 3.93. The fourth-order valence-electron chi connectivity index (χ4n) is 3.02. The first-order chi connectivity index (χ1) is 12.2. The van der Waals surface area contributed by atoms with Crippen LogP contribution in [0.4, 0.5) is 0 Å². The molecule has 2 N–H and O–H groups in total. The van der Waals surface area contributed by atoms with Crippen LogP contribution in [0.15, 0.2) is 61.3 Å².